The highest BCUT2D eigenvalue weighted by Gasteiger charge is 2.06. The second kappa shape index (κ2) is 9.06. The first kappa shape index (κ1) is 14.8. The summed E-state index contributed by atoms with van der Waals surface area (Å²) in [6.07, 6.45) is -0.641. The Morgan fingerprint density at radius 2 is 1.87 bits per heavy atom. The molecule has 5 nitrogen and oxygen atoms in total. The van der Waals surface area contributed by atoms with Crippen molar-refractivity contribution >= 4 is 0 Å². The minimum atomic E-state index is -0.326. The van der Waals surface area contributed by atoms with Crippen molar-refractivity contribution in [2.24, 2.45) is 5.73 Å². The van der Waals surface area contributed by atoms with E-state index in [0.717, 1.165) is 19.6 Å². The predicted octanol–water partition coefficient (Wildman–Crippen LogP) is -1.40. The quantitative estimate of drug-likeness (QED) is 0.359. The van der Waals surface area contributed by atoms with Crippen LogP contribution in [-0.4, -0.2) is 66.6 Å². The van der Waals surface area contributed by atoms with Crippen molar-refractivity contribution in [3.8, 4) is 0 Å². The summed E-state index contributed by atoms with van der Waals surface area (Å²) < 4.78 is 0. The molecule has 0 saturated heterocycles. The van der Waals surface area contributed by atoms with E-state index >= 15 is 0 Å². The number of nitrogens with one attached hydrogen (secondary N) is 1. The van der Waals surface area contributed by atoms with Gasteiger partial charge in [-0.25, -0.2) is 0 Å². The van der Waals surface area contributed by atoms with Crippen molar-refractivity contribution in [3.63, 3.8) is 0 Å². The minimum Gasteiger partial charge on any atom is -0.392 e. The Bertz CT molecular complexity index is 143. The zero-order valence-corrected chi connectivity index (χ0v) is 9.82. The Hall–Kier alpha value is -0.200. The molecule has 0 aliphatic rings. The highest BCUT2D eigenvalue weighted by molar-refractivity contribution is 4.64. The minimum absolute atomic E-state index is 0.315. The van der Waals surface area contributed by atoms with Crippen molar-refractivity contribution in [2.75, 3.05) is 39.3 Å². The molecular formula is C10H25N3O2. The van der Waals surface area contributed by atoms with E-state index in [9.17, 15) is 5.11 Å². The number of nitrogens with two attached hydrogens (primary N) is 1. The molecule has 0 fully saturated rings. The number of nitrogens with zero attached hydrogens (tertiary/aromatic N) is 1. The summed E-state index contributed by atoms with van der Waals surface area (Å²) in [6.45, 7) is 7.81. The number of aliphatic hydroxyl groups excluding tert-OH is 2. The number of hydrogen-bond donors (Lipinski definition) is 4. The normalized spacial score (nSPS) is 15.6. The fourth-order valence-corrected chi connectivity index (χ4v) is 1.40. The summed E-state index contributed by atoms with van der Waals surface area (Å²) in [5.74, 6) is 0. The monoisotopic (exact) mass is 219 g/mol. The molecule has 2 atom stereocenters. The SMILES string of the molecule is CC(O)CNCCN(CCN)CC(C)O. The summed E-state index contributed by atoms with van der Waals surface area (Å²) >= 11 is 0. The maximum atomic E-state index is 9.25. The molecule has 15 heavy (non-hydrogen) atoms. The van der Waals surface area contributed by atoms with Gasteiger partial charge >= 0.3 is 0 Å². The molecule has 0 heterocycles. The van der Waals surface area contributed by atoms with Gasteiger partial charge in [-0.2, -0.15) is 0 Å². The summed E-state index contributed by atoms with van der Waals surface area (Å²) in [5, 5.41) is 21.4. The molecule has 5 N–H and O–H groups in total. The molecule has 0 saturated carbocycles. The average molecular weight is 219 g/mol. The molecule has 2 unspecified atom stereocenters. The molecule has 0 spiro atoms. The van der Waals surface area contributed by atoms with E-state index in [-0.39, 0.29) is 12.2 Å². The van der Waals surface area contributed by atoms with Crippen molar-refractivity contribution in [1.82, 2.24) is 10.2 Å². The van der Waals surface area contributed by atoms with Gasteiger partial charge in [0.05, 0.1) is 12.2 Å². The van der Waals surface area contributed by atoms with Crippen LogP contribution in [0.15, 0.2) is 0 Å². The first-order valence-electron chi connectivity index (χ1n) is 5.55. The molecule has 0 aliphatic heterocycles. The van der Waals surface area contributed by atoms with Gasteiger partial charge in [-0.05, 0) is 13.8 Å². The summed E-state index contributed by atoms with van der Waals surface area (Å²) in [7, 11) is 0. The Morgan fingerprint density at radius 3 is 2.33 bits per heavy atom. The number of hydrogen-bond acceptors (Lipinski definition) is 5. The van der Waals surface area contributed by atoms with Gasteiger partial charge in [0, 0.05) is 39.3 Å². The van der Waals surface area contributed by atoms with Crippen LogP contribution in [0.5, 0.6) is 0 Å². The van der Waals surface area contributed by atoms with Crippen LogP contribution in [0.4, 0.5) is 0 Å². The fraction of sp³-hybridized carbons (Fsp3) is 1.00. The third kappa shape index (κ3) is 10.1. The fourth-order valence-electron chi connectivity index (χ4n) is 1.40. The van der Waals surface area contributed by atoms with Gasteiger partial charge in [0.1, 0.15) is 0 Å². The van der Waals surface area contributed by atoms with Crippen molar-refractivity contribution in [3.05, 3.63) is 0 Å². The highest BCUT2D eigenvalue weighted by Crippen LogP contribution is 1.90. The molecule has 0 aromatic carbocycles. The van der Waals surface area contributed by atoms with E-state index < -0.39 is 0 Å². The first-order chi connectivity index (χ1) is 7.06. The molecule has 5 heteroatoms. The van der Waals surface area contributed by atoms with Gasteiger partial charge in [-0.1, -0.05) is 0 Å². The Labute approximate surface area is 92.3 Å². The van der Waals surface area contributed by atoms with Crippen LogP contribution >= 0.6 is 0 Å². The molecule has 0 rings (SSSR count). The Kier molecular flexibility index (Phi) is 8.94. The summed E-state index contributed by atoms with van der Waals surface area (Å²) in [5.41, 5.74) is 5.47. The zero-order chi connectivity index (χ0) is 11.7. The lowest BCUT2D eigenvalue weighted by Gasteiger charge is -2.23. The molecule has 0 bridgehead atoms. The largest absolute Gasteiger partial charge is 0.392 e. The van der Waals surface area contributed by atoms with Crippen molar-refractivity contribution < 1.29 is 10.2 Å². The molecule has 0 aromatic rings. The molecule has 0 aliphatic carbocycles. The van der Waals surface area contributed by atoms with E-state index in [1.54, 1.807) is 13.8 Å². The van der Waals surface area contributed by atoms with Crippen LogP contribution < -0.4 is 11.1 Å². The van der Waals surface area contributed by atoms with Gasteiger partial charge in [-0.15, -0.1) is 0 Å². The van der Waals surface area contributed by atoms with Crippen LogP contribution in [0.25, 0.3) is 0 Å². The smallest absolute Gasteiger partial charge is 0.0639 e. The topological polar surface area (TPSA) is 81.8 Å². The van der Waals surface area contributed by atoms with E-state index in [4.69, 9.17) is 10.8 Å². The van der Waals surface area contributed by atoms with Crippen LogP contribution in [-0.2, 0) is 0 Å². The molecular weight excluding hydrogens is 194 g/mol. The molecule has 0 amide bonds. The summed E-state index contributed by atoms with van der Waals surface area (Å²) in [4.78, 5) is 2.11. The average Bonchev–Trinajstić information content (AvgIpc) is 2.11. The molecule has 0 aromatic heterocycles. The second-order valence-corrected chi connectivity index (χ2v) is 3.99. The lowest BCUT2D eigenvalue weighted by molar-refractivity contribution is 0.127. The lowest BCUT2D eigenvalue weighted by atomic mass is 10.3. The van der Waals surface area contributed by atoms with Gasteiger partial charge in [0.25, 0.3) is 0 Å². The van der Waals surface area contributed by atoms with E-state index in [0.29, 0.717) is 19.6 Å². The third-order valence-electron chi connectivity index (χ3n) is 2.01. The number of aliphatic hydroxyl groups is 2. The molecule has 92 valence electrons. The van der Waals surface area contributed by atoms with Crippen molar-refractivity contribution in [2.45, 2.75) is 26.1 Å². The van der Waals surface area contributed by atoms with Gasteiger partial charge in [0.2, 0.25) is 0 Å². The van der Waals surface area contributed by atoms with Crippen molar-refractivity contribution in [1.29, 1.82) is 0 Å². The Balaban J connectivity index is 3.56. The van der Waals surface area contributed by atoms with Gasteiger partial charge in [0.15, 0.2) is 0 Å². The van der Waals surface area contributed by atoms with E-state index in [2.05, 4.69) is 10.2 Å². The van der Waals surface area contributed by atoms with E-state index in [1.807, 2.05) is 0 Å². The molecule has 0 radical (unpaired) electrons. The van der Waals surface area contributed by atoms with Crippen LogP contribution in [0.3, 0.4) is 0 Å². The van der Waals surface area contributed by atoms with Crippen LogP contribution in [0.2, 0.25) is 0 Å². The first-order valence-corrected chi connectivity index (χ1v) is 5.55. The van der Waals surface area contributed by atoms with Gasteiger partial charge in [-0.3, -0.25) is 4.90 Å². The maximum absolute atomic E-state index is 9.25. The zero-order valence-electron chi connectivity index (χ0n) is 9.82. The predicted molar refractivity (Wildman–Crippen MR) is 61.7 cm³/mol. The highest BCUT2D eigenvalue weighted by atomic mass is 16.3. The van der Waals surface area contributed by atoms with Gasteiger partial charge < -0.3 is 21.3 Å². The standard InChI is InChI=1S/C10H25N3O2/c1-9(14)7-12-4-6-13(5-3-11)8-10(2)15/h9-10,12,14-15H,3-8,11H2,1-2H3. The van der Waals surface area contributed by atoms with Crippen LogP contribution in [0, 0.1) is 0 Å². The Morgan fingerprint density at radius 1 is 1.20 bits per heavy atom. The van der Waals surface area contributed by atoms with E-state index in [1.165, 1.54) is 0 Å². The van der Waals surface area contributed by atoms with Crippen LogP contribution in [0.1, 0.15) is 13.8 Å². The summed E-state index contributed by atoms with van der Waals surface area (Å²) in [6, 6.07) is 0. The second-order valence-electron chi connectivity index (χ2n) is 3.99. The lowest BCUT2D eigenvalue weighted by Crippen LogP contribution is -2.40. The maximum Gasteiger partial charge on any atom is 0.0639 e. The third-order valence-corrected chi connectivity index (χ3v) is 2.01. The number of rotatable bonds is 9.